The second-order valence-electron chi connectivity index (χ2n) is 3.97. The summed E-state index contributed by atoms with van der Waals surface area (Å²) < 4.78 is 9.58. The van der Waals surface area contributed by atoms with Crippen LogP contribution in [0.5, 0.6) is 0 Å². The van der Waals surface area contributed by atoms with Crippen molar-refractivity contribution >= 4 is 12.1 Å². The average Bonchev–Trinajstić information content (AvgIpc) is 2.46. The van der Waals surface area contributed by atoms with Gasteiger partial charge in [-0.25, -0.2) is 9.59 Å². The number of ether oxygens (including phenoxy) is 2. The van der Waals surface area contributed by atoms with E-state index in [0.29, 0.717) is 12.0 Å². The number of aliphatic hydroxyl groups is 3. The molecule has 0 saturated heterocycles. The molecule has 1 amide bonds. The molecule has 0 heterocycles. The molecule has 0 aliphatic carbocycles. The normalized spacial score (nSPS) is 11.0. The van der Waals surface area contributed by atoms with Crippen molar-refractivity contribution in [3.8, 4) is 0 Å². The van der Waals surface area contributed by atoms with Crippen molar-refractivity contribution < 1.29 is 34.4 Å². The fourth-order valence-electron chi connectivity index (χ4n) is 0.807. The van der Waals surface area contributed by atoms with Crippen molar-refractivity contribution in [2.24, 2.45) is 0 Å². The lowest BCUT2D eigenvalue weighted by atomic mass is 10.3. The van der Waals surface area contributed by atoms with Crippen LogP contribution in [0.1, 0.15) is 27.2 Å². The highest BCUT2D eigenvalue weighted by atomic mass is 16.6. The maximum absolute atomic E-state index is 11.1. The quantitative estimate of drug-likeness (QED) is 0.294. The van der Waals surface area contributed by atoms with Crippen LogP contribution < -0.4 is 5.32 Å². The highest BCUT2D eigenvalue weighted by Crippen LogP contribution is 2.00. The minimum atomic E-state index is -0.954. The number of rotatable bonds is 7. The van der Waals surface area contributed by atoms with Gasteiger partial charge in [-0.3, -0.25) is 5.32 Å². The fraction of sp³-hybridized carbons (Fsp3) is 0.692. The van der Waals surface area contributed by atoms with Crippen LogP contribution in [0.25, 0.3) is 0 Å². The third kappa shape index (κ3) is 13.1. The molecule has 0 saturated carbocycles. The Labute approximate surface area is 124 Å². The van der Waals surface area contributed by atoms with E-state index in [1.165, 1.54) is 0 Å². The lowest BCUT2D eigenvalue weighted by molar-refractivity contribution is -0.145. The molecule has 0 aromatic carbocycles. The van der Waals surface area contributed by atoms with Gasteiger partial charge in [-0.1, -0.05) is 13.5 Å². The SMILES string of the molecule is C=C(C)C(=O)OC(CC)NC(=O)OCC.OCC(O)CO. The number of nitrogens with one attached hydrogen (secondary N) is 1. The van der Waals surface area contributed by atoms with Crippen LogP contribution in [-0.2, 0) is 14.3 Å². The van der Waals surface area contributed by atoms with Gasteiger partial charge in [-0.05, 0) is 13.8 Å². The molecular formula is C13H25NO7. The molecular weight excluding hydrogens is 282 g/mol. The zero-order chi connectivity index (χ0) is 16.8. The van der Waals surface area contributed by atoms with Gasteiger partial charge < -0.3 is 24.8 Å². The second-order valence-corrected chi connectivity index (χ2v) is 3.97. The predicted molar refractivity (Wildman–Crippen MR) is 75.3 cm³/mol. The van der Waals surface area contributed by atoms with Gasteiger partial charge in [0.2, 0.25) is 0 Å². The molecule has 0 radical (unpaired) electrons. The van der Waals surface area contributed by atoms with Crippen molar-refractivity contribution in [2.45, 2.75) is 39.5 Å². The second kappa shape index (κ2) is 13.3. The van der Waals surface area contributed by atoms with Crippen LogP contribution in [0.3, 0.4) is 0 Å². The topological polar surface area (TPSA) is 125 Å². The van der Waals surface area contributed by atoms with E-state index in [9.17, 15) is 9.59 Å². The summed E-state index contributed by atoms with van der Waals surface area (Å²) in [5.41, 5.74) is 0.291. The number of carbonyl (C=O) groups excluding carboxylic acids is 2. The van der Waals surface area contributed by atoms with Crippen molar-refractivity contribution in [3.05, 3.63) is 12.2 Å². The van der Waals surface area contributed by atoms with Gasteiger partial charge in [0, 0.05) is 12.0 Å². The van der Waals surface area contributed by atoms with Gasteiger partial charge in [0.25, 0.3) is 0 Å². The molecule has 1 atom stereocenters. The largest absolute Gasteiger partial charge is 0.450 e. The number of alkyl carbamates (subject to hydrolysis) is 1. The van der Waals surface area contributed by atoms with Crippen LogP contribution in [0.15, 0.2) is 12.2 Å². The monoisotopic (exact) mass is 307 g/mol. The zero-order valence-corrected chi connectivity index (χ0v) is 12.7. The van der Waals surface area contributed by atoms with E-state index < -0.39 is 24.4 Å². The molecule has 0 rings (SSSR count). The third-order valence-electron chi connectivity index (χ3n) is 1.94. The Morgan fingerprint density at radius 1 is 1.24 bits per heavy atom. The van der Waals surface area contributed by atoms with Crippen molar-refractivity contribution in [3.63, 3.8) is 0 Å². The molecule has 0 bridgehead atoms. The Kier molecular flexibility index (Phi) is 13.8. The molecule has 0 spiro atoms. The van der Waals surface area contributed by atoms with Gasteiger partial charge in [0.15, 0.2) is 6.23 Å². The number of carbonyl (C=O) groups is 2. The minimum absolute atomic E-state index is 0.275. The molecule has 8 nitrogen and oxygen atoms in total. The van der Waals surface area contributed by atoms with Gasteiger partial charge in [0.05, 0.1) is 19.8 Å². The third-order valence-corrected chi connectivity index (χ3v) is 1.94. The van der Waals surface area contributed by atoms with E-state index in [4.69, 9.17) is 20.1 Å². The zero-order valence-electron chi connectivity index (χ0n) is 12.7. The van der Waals surface area contributed by atoms with E-state index in [0.717, 1.165) is 0 Å². The fourth-order valence-corrected chi connectivity index (χ4v) is 0.807. The van der Waals surface area contributed by atoms with Gasteiger partial charge in [-0.15, -0.1) is 0 Å². The van der Waals surface area contributed by atoms with Crippen molar-refractivity contribution in [2.75, 3.05) is 19.8 Å². The van der Waals surface area contributed by atoms with E-state index in [2.05, 4.69) is 16.6 Å². The van der Waals surface area contributed by atoms with Gasteiger partial charge in [0.1, 0.15) is 6.10 Å². The predicted octanol–water partition coefficient (Wildman–Crippen LogP) is -0.0802. The molecule has 21 heavy (non-hydrogen) atoms. The standard InChI is InChI=1S/C10H17NO4.C3H8O3/c1-5-8(11-10(13)14-6-2)15-9(12)7(3)4;4-1-3(6)2-5/h8H,3,5-6H2,1-2,4H3,(H,11,13);3-6H,1-2H2. The number of amides is 1. The highest BCUT2D eigenvalue weighted by Gasteiger charge is 2.15. The van der Waals surface area contributed by atoms with Crippen LogP contribution in [0.2, 0.25) is 0 Å². The first kappa shape index (κ1) is 21.7. The maximum Gasteiger partial charge on any atom is 0.409 e. The van der Waals surface area contributed by atoms with E-state index in [-0.39, 0.29) is 19.8 Å². The van der Waals surface area contributed by atoms with Gasteiger partial charge >= 0.3 is 12.1 Å². The smallest absolute Gasteiger partial charge is 0.409 e. The number of hydrogen-bond acceptors (Lipinski definition) is 7. The van der Waals surface area contributed by atoms with Crippen LogP contribution in [0.4, 0.5) is 4.79 Å². The molecule has 0 fully saturated rings. The maximum atomic E-state index is 11.1. The summed E-state index contributed by atoms with van der Waals surface area (Å²) in [4.78, 5) is 22.2. The molecule has 0 aromatic rings. The van der Waals surface area contributed by atoms with Crippen LogP contribution in [0, 0.1) is 0 Å². The summed E-state index contributed by atoms with van der Waals surface area (Å²) in [7, 11) is 0. The molecule has 124 valence electrons. The number of esters is 1. The van der Waals surface area contributed by atoms with E-state index in [1.807, 2.05) is 0 Å². The lowest BCUT2D eigenvalue weighted by Crippen LogP contribution is -2.38. The molecule has 0 aromatic heterocycles. The molecule has 1 unspecified atom stereocenters. The van der Waals surface area contributed by atoms with E-state index in [1.54, 1.807) is 20.8 Å². The molecule has 4 N–H and O–H groups in total. The summed E-state index contributed by atoms with van der Waals surface area (Å²) in [6.45, 7) is 8.00. The Balaban J connectivity index is 0. The van der Waals surface area contributed by atoms with Crippen LogP contribution in [-0.4, -0.2) is 59.5 Å². The highest BCUT2D eigenvalue weighted by molar-refractivity contribution is 5.87. The van der Waals surface area contributed by atoms with Crippen LogP contribution >= 0.6 is 0 Å². The molecule has 0 aliphatic rings. The van der Waals surface area contributed by atoms with Crippen molar-refractivity contribution in [1.29, 1.82) is 0 Å². The summed E-state index contributed by atoms with van der Waals surface area (Å²) in [5, 5.41) is 26.4. The Bertz CT molecular complexity index is 316. The summed E-state index contributed by atoms with van der Waals surface area (Å²) in [6, 6.07) is 0. The first-order chi connectivity index (χ1) is 9.81. The van der Waals surface area contributed by atoms with E-state index >= 15 is 0 Å². The number of hydrogen-bond donors (Lipinski definition) is 4. The Morgan fingerprint density at radius 2 is 1.76 bits per heavy atom. The molecule has 0 aliphatic heterocycles. The first-order valence-corrected chi connectivity index (χ1v) is 6.51. The summed E-state index contributed by atoms with van der Waals surface area (Å²) in [5.74, 6) is -0.529. The lowest BCUT2D eigenvalue weighted by Gasteiger charge is -2.17. The van der Waals surface area contributed by atoms with Crippen molar-refractivity contribution in [1.82, 2.24) is 5.32 Å². The average molecular weight is 307 g/mol. The number of aliphatic hydroxyl groups excluding tert-OH is 3. The summed E-state index contributed by atoms with van der Waals surface area (Å²) >= 11 is 0. The minimum Gasteiger partial charge on any atom is -0.450 e. The molecule has 8 heteroatoms. The van der Waals surface area contributed by atoms with Gasteiger partial charge in [-0.2, -0.15) is 0 Å². The Hall–Kier alpha value is -1.64. The Morgan fingerprint density at radius 3 is 2.05 bits per heavy atom. The first-order valence-electron chi connectivity index (χ1n) is 6.51. The summed E-state index contributed by atoms with van der Waals surface area (Å²) in [6.07, 6.45) is -1.75.